The minimum Gasteiger partial charge on any atom is -0.398 e. The van der Waals surface area contributed by atoms with Crippen LogP contribution in [0.1, 0.15) is 24.0 Å². The lowest BCUT2D eigenvalue weighted by molar-refractivity contribution is -0.161. The van der Waals surface area contributed by atoms with Gasteiger partial charge >= 0.3 is 12.4 Å². The van der Waals surface area contributed by atoms with Crippen molar-refractivity contribution in [2.24, 2.45) is 0 Å². The normalized spacial score (nSPS) is 17.9. The number of alkyl halides is 6. The highest BCUT2D eigenvalue weighted by Crippen LogP contribution is 2.61. The summed E-state index contributed by atoms with van der Waals surface area (Å²) in [5.74, 6) is 0. The lowest BCUT2D eigenvalue weighted by Gasteiger charge is -2.24. The molecule has 1 aromatic rings. The number of hydrogen-bond acceptors (Lipinski definition) is 2. The van der Waals surface area contributed by atoms with E-state index in [9.17, 15) is 26.3 Å². The highest BCUT2D eigenvalue weighted by Gasteiger charge is 2.65. The summed E-state index contributed by atoms with van der Waals surface area (Å²) in [4.78, 5) is 0. The fourth-order valence-corrected chi connectivity index (χ4v) is 2.26. The van der Waals surface area contributed by atoms with Gasteiger partial charge in [-0.15, -0.1) is 0 Å². The Morgan fingerprint density at radius 3 is 2.00 bits per heavy atom. The average Bonchev–Trinajstić information content (AvgIpc) is 3.08. The lowest BCUT2D eigenvalue weighted by atomic mass is 9.90. The minimum absolute atomic E-state index is 0.0444. The Kier molecular flexibility index (Phi) is 3.10. The molecule has 8 heteroatoms. The number of nitrogen functional groups attached to an aromatic ring is 1. The van der Waals surface area contributed by atoms with E-state index in [0.29, 0.717) is 6.07 Å². The van der Waals surface area contributed by atoms with Crippen LogP contribution in [0, 0.1) is 0 Å². The van der Waals surface area contributed by atoms with Crippen LogP contribution >= 0.6 is 0 Å². The van der Waals surface area contributed by atoms with Crippen molar-refractivity contribution < 1.29 is 26.3 Å². The Bertz CT molecular complexity index is 528. The van der Waals surface area contributed by atoms with E-state index in [1.165, 1.54) is 7.05 Å². The molecular formula is C12H12F6N2. The Morgan fingerprint density at radius 2 is 1.65 bits per heavy atom. The van der Waals surface area contributed by atoms with Gasteiger partial charge in [0.25, 0.3) is 0 Å². The van der Waals surface area contributed by atoms with Crippen LogP contribution in [0.3, 0.4) is 0 Å². The number of benzene rings is 1. The first kappa shape index (κ1) is 14.8. The van der Waals surface area contributed by atoms with Gasteiger partial charge in [0.2, 0.25) is 0 Å². The Morgan fingerprint density at radius 1 is 1.10 bits per heavy atom. The van der Waals surface area contributed by atoms with Gasteiger partial charge in [-0.1, -0.05) is 0 Å². The van der Waals surface area contributed by atoms with Crippen LogP contribution in [0.4, 0.5) is 37.7 Å². The minimum atomic E-state index is -4.80. The van der Waals surface area contributed by atoms with E-state index in [2.05, 4.69) is 5.32 Å². The molecule has 20 heavy (non-hydrogen) atoms. The Balaban J connectivity index is 2.66. The van der Waals surface area contributed by atoms with E-state index >= 15 is 0 Å². The number of nitrogens with two attached hydrogens (primary N) is 1. The molecule has 1 aliphatic rings. The van der Waals surface area contributed by atoms with E-state index in [0.717, 1.165) is 6.07 Å². The molecule has 0 spiro atoms. The van der Waals surface area contributed by atoms with Crippen molar-refractivity contribution in [3.8, 4) is 0 Å². The van der Waals surface area contributed by atoms with E-state index in [4.69, 9.17) is 5.73 Å². The first-order valence-electron chi connectivity index (χ1n) is 5.78. The molecule has 0 saturated heterocycles. The summed E-state index contributed by atoms with van der Waals surface area (Å²) in [7, 11) is 1.34. The van der Waals surface area contributed by atoms with Crippen molar-refractivity contribution >= 4 is 11.4 Å². The zero-order chi connectivity index (χ0) is 15.3. The van der Waals surface area contributed by atoms with Crippen molar-refractivity contribution in [2.45, 2.75) is 30.6 Å². The van der Waals surface area contributed by atoms with Gasteiger partial charge in [-0.3, -0.25) is 0 Å². The molecule has 0 radical (unpaired) electrons. The molecule has 112 valence electrons. The van der Waals surface area contributed by atoms with Crippen LogP contribution in [0.2, 0.25) is 0 Å². The Hall–Kier alpha value is -1.60. The van der Waals surface area contributed by atoms with Gasteiger partial charge in [-0.25, -0.2) is 0 Å². The van der Waals surface area contributed by atoms with Crippen LogP contribution in [0.25, 0.3) is 0 Å². The maximum absolute atomic E-state index is 13.1. The maximum atomic E-state index is 13.1. The summed E-state index contributed by atoms with van der Waals surface area (Å²) in [5.41, 5.74) is 0.499. The predicted molar refractivity (Wildman–Crippen MR) is 62.4 cm³/mol. The van der Waals surface area contributed by atoms with Crippen LogP contribution in [0.15, 0.2) is 12.1 Å². The Labute approximate surface area is 110 Å². The standard InChI is InChI=1S/C12H12F6N2/c1-20-6-4-7(10(2-3-10)12(16,17)18)9(19)8(5-6)11(13,14)15/h4-5,20H,2-3,19H2,1H3. The molecule has 0 aromatic heterocycles. The van der Waals surface area contributed by atoms with Crippen molar-refractivity contribution in [3.63, 3.8) is 0 Å². The summed E-state index contributed by atoms with van der Waals surface area (Å²) in [6.07, 6.45) is -9.90. The van der Waals surface area contributed by atoms with Gasteiger partial charge in [0.15, 0.2) is 0 Å². The maximum Gasteiger partial charge on any atom is 0.418 e. The summed E-state index contributed by atoms with van der Waals surface area (Å²) < 4.78 is 77.8. The van der Waals surface area contributed by atoms with E-state index in [-0.39, 0.29) is 18.5 Å². The van der Waals surface area contributed by atoms with Crippen molar-refractivity contribution in [1.29, 1.82) is 0 Å². The lowest BCUT2D eigenvalue weighted by Crippen LogP contribution is -2.30. The predicted octanol–water partition coefficient (Wildman–Crippen LogP) is 3.92. The molecule has 1 saturated carbocycles. The van der Waals surface area contributed by atoms with Gasteiger partial charge < -0.3 is 11.1 Å². The smallest absolute Gasteiger partial charge is 0.398 e. The zero-order valence-corrected chi connectivity index (χ0v) is 10.4. The summed E-state index contributed by atoms with van der Waals surface area (Å²) in [5, 5.41) is 2.44. The molecule has 0 unspecified atom stereocenters. The number of nitrogens with one attached hydrogen (secondary N) is 1. The van der Waals surface area contributed by atoms with Crippen LogP contribution in [0.5, 0.6) is 0 Å². The van der Waals surface area contributed by atoms with E-state index in [1.807, 2.05) is 0 Å². The molecule has 1 aromatic carbocycles. The fourth-order valence-electron chi connectivity index (χ4n) is 2.26. The molecule has 3 N–H and O–H groups in total. The quantitative estimate of drug-likeness (QED) is 0.641. The zero-order valence-electron chi connectivity index (χ0n) is 10.4. The average molecular weight is 298 g/mol. The molecule has 1 aliphatic carbocycles. The second-order valence-electron chi connectivity index (χ2n) is 4.81. The molecule has 0 amide bonds. The number of halogens is 6. The van der Waals surface area contributed by atoms with Gasteiger partial charge in [-0.05, 0) is 30.5 Å². The first-order chi connectivity index (χ1) is 9.03. The van der Waals surface area contributed by atoms with Crippen LogP contribution in [-0.2, 0) is 11.6 Å². The third kappa shape index (κ3) is 2.16. The molecule has 0 bridgehead atoms. The molecule has 2 rings (SSSR count). The second-order valence-corrected chi connectivity index (χ2v) is 4.81. The van der Waals surface area contributed by atoms with Gasteiger partial charge in [0.1, 0.15) is 0 Å². The van der Waals surface area contributed by atoms with Crippen molar-refractivity contribution in [3.05, 3.63) is 23.3 Å². The highest BCUT2D eigenvalue weighted by molar-refractivity contribution is 5.67. The highest BCUT2D eigenvalue weighted by atomic mass is 19.4. The van der Waals surface area contributed by atoms with Gasteiger partial charge in [0, 0.05) is 18.4 Å². The monoisotopic (exact) mass is 298 g/mol. The van der Waals surface area contributed by atoms with Crippen molar-refractivity contribution in [1.82, 2.24) is 0 Å². The third-order valence-electron chi connectivity index (χ3n) is 3.58. The largest absolute Gasteiger partial charge is 0.418 e. The van der Waals surface area contributed by atoms with Gasteiger partial charge in [-0.2, -0.15) is 26.3 Å². The summed E-state index contributed by atoms with van der Waals surface area (Å²) in [6, 6.07) is 1.76. The topological polar surface area (TPSA) is 38.0 Å². The molecule has 0 atom stereocenters. The van der Waals surface area contributed by atoms with Gasteiger partial charge in [0.05, 0.1) is 11.0 Å². The number of anilines is 2. The van der Waals surface area contributed by atoms with Crippen LogP contribution < -0.4 is 11.1 Å². The third-order valence-corrected chi connectivity index (χ3v) is 3.58. The second kappa shape index (κ2) is 4.20. The SMILES string of the molecule is CNc1cc(C(F)(F)F)c(N)c(C2(C(F)(F)F)CC2)c1. The molecule has 0 heterocycles. The number of rotatable bonds is 2. The molecule has 0 aliphatic heterocycles. The van der Waals surface area contributed by atoms with E-state index < -0.39 is 34.6 Å². The summed E-state index contributed by atoms with van der Waals surface area (Å²) >= 11 is 0. The molecular weight excluding hydrogens is 286 g/mol. The van der Waals surface area contributed by atoms with Crippen molar-refractivity contribution in [2.75, 3.05) is 18.1 Å². The molecule has 2 nitrogen and oxygen atoms in total. The summed E-state index contributed by atoms with van der Waals surface area (Å²) in [6.45, 7) is 0. The fraction of sp³-hybridized carbons (Fsp3) is 0.500. The first-order valence-corrected chi connectivity index (χ1v) is 5.78. The van der Waals surface area contributed by atoms with E-state index in [1.54, 1.807) is 0 Å². The number of hydrogen-bond donors (Lipinski definition) is 2. The van der Waals surface area contributed by atoms with Crippen LogP contribution in [-0.4, -0.2) is 13.2 Å². The molecule has 1 fully saturated rings.